The quantitative estimate of drug-likeness (QED) is 0.742. The molecule has 4 heteroatoms. The Morgan fingerprint density at radius 1 is 1.40 bits per heavy atom. The first kappa shape index (κ1) is 9.24. The number of fused-ring (bicyclic) bond motifs is 1. The van der Waals surface area contributed by atoms with Gasteiger partial charge >= 0.3 is 0 Å². The van der Waals surface area contributed by atoms with E-state index in [0.717, 1.165) is 25.3 Å². The molecule has 0 saturated carbocycles. The van der Waals surface area contributed by atoms with Crippen molar-refractivity contribution in [3.63, 3.8) is 0 Å². The Morgan fingerprint density at radius 3 is 3.27 bits per heavy atom. The minimum absolute atomic E-state index is 0.420. The normalized spacial score (nSPS) is 25.2. The van der Waals surface area contributed by atoms with E-state index >= 15 is 0 Å². The number of aromatic nitrogens is 2. The highest BCUT2D eigenvalue weighted by Gasteiger charge is 2.24. The van der Waals surface area contributed by atoms with Crippen molar-refractivity contribution in [3.05, 3.63) is 23.3 Å². The highest BCUT2D eigenvalue weighted by Crippen LogP contribution is 2.27. The van der Waals surface area contributed by atoms with Crippen LogP contribution in [-0.4, -0.2) is 23.1 Å². The van der Waals surface area contributed by atoms with Crippen LogP contribution >= 0.6 is 0 Å². The zero-order chi connectivity index (χ0) is 10.1. The smallest absolute Gasteiger partial charge is 0.116 e. The van der Waals surface area contributed by atoms with Gasteiger partial charge in [-0.05, 0) is 19.4 Å². The van der Waals surface area contributed by atoms with Gasteiger partial charge in [-0.3, -0.25) is 0 Å². The highest BCUT2D eigenvalue weighted by molar-refractivity contribution is 5.28. The van der Waals surface area contributed by atoms with Gasteiger partial charge in [-0.2, -0.15) is 0 Å². The average Bonchev–Trinajstić information content (AvgIpc) is 2.82. The van der Waals surface area contributed by atoms with Crippen LogP contribution in [0.1, 0.15) is 35.8 Å². The molecular weight excluding hydrogens is 190 g/mol. The van der Waals surface area contributed by atoms with Crippen LogP contribution in [0.25, 0.3) is 0 Å². The molecule has 1 fully saturated rings. The molecule has 3 heterocycles. The molecule has 1 atom stereocenters. The second-order valence-electron chi connectivity index (χ2n) is 4.14. The summed E-state index contributed by atoms with van der Waals surface area (Å²) >= 11 is 0. The summed E-state index contributed by atoms with van der Waals surface area (Å²) in [4.78, 5) is 8.75. The maximum Gasteiger partial charge on any atom is 0.116 e. The van der Waals surface area contributed by atoms with E-state index in [9.17, 15) is 0 Å². The lowest BCUT2D eigenvalue weighted by Gasteiger charge is -2.20. The van der Waals surface area contributed by atoms with Gasteiger partial charge in [0, 0.05) is 12.0 Å². The number of rotatable bonds is 1. The van der Waals surface area contributed by atoms with Crippen molar-refractivity contribution in [1.29, 1.82) is 0 Å². The average molecular weight is 205 g/mol. The van der Waals surface area contributed by atoms with Crippen LogP contribution in [0, 0.1) is 0 Å². The van der Waals surface area contributed by atoms with Crippen LogP contribution in [0.4, 0.5) is 0 Å². The fraction of sp³-hybridized carbons (Fsp3) is 0.636. The van der Waals surface area contributed by atoms with Crippen LogP contribution in [0.15, 0.2) is 6.33 Å². The Kier molecular flexibility index (Phi) is 2.38. The summed E-state index contributed by atoms with van der Waals surface area (Å²) in [6.07, 6.45) is 5.05. The molecule has 0 bridgehead atoms. The molecule has 80 valence electrons. The maximum atomic E-state index is 5.49. The molecule has 0 amide bonds. The summed E-state index contributed by atoms with van der Waals surface area (Å²) in [6.45, 7) is 2.58. The van der Waals surface area contributed by atoms with Gasteiger partial charge in [0.15, 0.2) is 0 Å². The van der Waals surface area contributed by atoms with Gasteiger partial charge in [-0.15, -0.1) is 0 Å². The van der Waals surface area contributed by atoms with Gasteiger partial charge in [-0.25, -0.2) is 9.97 Å². The number of nitrogens with one attached hydrogen (secondary N) is 1. The summed E-state index contributed by atoms with van der Waals surface area (Å²) in [7, 11) is 0. The summed E-state index contributed by atoms with van der Waals surface area (Å²) in [5.41, 5.74) is 3.57. The van der Waals surface area contributed by atoms with Crippen LogP contribution in [0.5, 0.6) is 0 Å². The molecule has 2 aliphatic rings. The lowest BCUT2D eigenvalue weighted by molar-refractivity contribution is 0.107. The van der Waals surface area contributed by atoms with E-state index in [-0.39, 0.29) is 0 Å². The van der Waals surface area contributed by atoms with E-state index in [1.807, 2.05) is 0 Å². The topological polar surface area (TPSA) is 47.0 Å². The first-order valence-electron chi connectivity index (χ1n) is 5.59. The largest absolute Gasteiger partial charge is 0.376 e. The third-order valence-corrected chi connectivity index (χ3v) is 3.19. The van der Waals surface area contributed by atoms with Crippen molar-refractivity contribution < 1.29 is 4.74 Å². The molecule has 2 aliphatic heterocycles. The maximum absolute atomic E-state index is 5.49. The van der Waals surface area contributed by atoms with E-state index in [1.54, 1.807) is 6.33 Å². The fourth-order valence-corrected chi connectivity index (χ4v) is 2.40. The Balaban J connectivity index is 1.99. The number of hydrogen-bond donors (Lipinski definition) is 1. The number of hydrogen-bond acceptors (Lipinski definition) is 4. The van der Waals surface area contributed by atoms with Gasteiger partial charge < -0.3 is 10.1 Å². The first-order chi connectivity index (χ1) is 7.45. The lowest BCUT2D eigenvalue weighted by Crippen LogP contribution is -2.21. The minimum Gasteiger partial charge on any atom is -0.376 e. The summed E-state index contributed by atoms with van der Waals surface area (Å²) in [5, 5.41) is 3.48. The molecule has 1 saturated heterocycles. The van der Waals surface area contributed by atoms with E-state index in [0.29, 0.717) is 12.6 Å². The molecule has 4 nitrogen and oxygen atoms in total. The van der Waals surface area contributed by atoms with Gasteiger partial charge in [0.2, 0.25) is 0 Å². The highest BCUT2D eigenvalue weighted by atomic mass is 16.5. The van der Waals surface area contributed by atoms with Gasteiger partial charge in [0.05, 0.1) is 30.6 Å². The van der Waals surface area contributed by atoms with Crippen molar-refractivity contribution in [2.45, 2.75) is 31.9 Å². The van der Waals surface area contributed by atoms with Crippen molar-refractivity contribution in [3.8, 4) is 0 Å². The Morgan fingerprint density at radius 2 is 2.40 bits per heavy atom. The third kappa shape index (κ3) is 1.64. The first-order valence-corrected chi connectivity index (χ1v) is 5.59. The predicted molar refractivity (Wildman–Crippen MR) is 55.4 cm³/mol. The van der Waals surface area contributed by atoms with Crippen LogP contribution in [0.3, 0.4) is 0 Å². The third-order valence-electron chi connectivity index (χ3n) is 3.19. The Hall–Kier alpha value is -1.00. The van der Waals surface area contributed by atoms with E-state index in [1.165, 1.54) is 24.1 Å². The molecule has 1 unspecified atom stereocenters. The van der Waals surface area contributed by atoms with Gasteiger partial charge in [0.25, 0.3) is 0 Å². The molecule has 0 aromatic carbocycles. The Labute approximate surface area is 89.1 Å². The Bertz CT molecular complexity index is 361. The second kappa shape index (κ2) is 3.87. The fourth-order valence-electron chi connectivity index (χ4n) is 2.40. The number of nitrogens with zero attached hydrogens (tertiary/aromatic N) is 2. The molecule has 15 heavy (non-hydrogen) atoms. The summed E-state index contributed by atoms with van der Waals surface area (Å²) in [5.74, 6) is 0. The molecule has 3 rings (SSSR count). The molecular formula is C11H15N3O. The minimum atomic E-state index is 0.420. The molecule has 1 aromatic rings. The van der Waals surface area contributed by atoms with Gasteiger partial charge in [0.1, 0.15) is 6.33 Å². The lowest BCUT2D eigenvalue weighted by atomic mass is 10.0. The summed E-state index contributed by atoms with van der Waals surface area (Å²) < 4.78 is 5.49. The van der Waals surface area contributed by atoms with E-state index in [2.05, 4.69) is 15.3 Å². The van der Waals surface area contributed by atoms with Crippen molar-refractivity contribution in [2.75, 3.05) is 13.2 Å². The van der Waals surface area contributed by atoms with E-state index < -0.39 is 0 Å². The second-order valence-corrected chi connectivity index (χ2v) is 4.14. The number of ether oxygens (including phenoxy) is 1. The monoisotopic (exact) mass is 205 g/mol. The van der Waals surface area contributed by atoms with Crippen molar-refractivity contribution in [2.24, 2.45) is 0 Å². The molecule has 0 spiro atoms. The molecule has 1 N–H and O–H groups in total. The SMILES string of the molecule is c1nc2c(c(C3CCCN3)n1)COCC2. The van der Waals surface area contributed by atoms with Crippen molar-refractivity contribution >= 4 is 0 Å². The van der Waals surface area contributed by atoms with Gasteiger partial charge in [-0.1, -0.05) is 0 Å². The molecule has 0 radical (unpaired) electrons. The summed E-state index contributed by atoms with van der Waals surface area (Å²) in [6, 6.07) is 0.420. The molecule has 1 aromatic heterocycles. The van der Waals surface area contributed by atoms with Crippen LogP contribution < -0.4 is 5.32 Å². The van der Waals surface area contributed by atoms with Crippen LogP contribution in [0.2, 0.25) is 0 Å². The predicted octanol–water partition coefficient (Wildman–Crippen LogP) is 0.974. The zero-order valence-corrected chi connectivity index (χ0v) is 8.70. The standard InChI is InChI=1S/C11H15N3O/c1-2-10(12-4-1)11-8-6-15-5-3-9(8)13-7-14-11/h7,10,12H,1-6H2. The van der Waals surface area contributed by atoms with E-state index in [4.69, 9.17) is 4.74 Å². The molecule has 0 aliphatic carbocycles. The zero-order valence-electron chi connectivity index (χ0n) is 8.70. The van der Waals surface area contributed by atoms with Crippen LogP contribution in [-0.2, 0) is 17.8 Å². The van der Waals surface area contributed by atoms with Crippen molar-refractivity contribution in [1.82, 2.24) is 15.3 Å².